The van der Waals surface area contributed by atoms with E-state index in [4.69, 9.17) is 11.5 Å². The molecule has 1 amide bonds. The molecular formula is C9H10FN2O. The van der Waals surface area contributed by atoms with Crippen molar-refractivity contribution in [3.05, 3.63) is 35.6 Å². The van der Waals surface area contributed by atoms with Gasteiger partial charge >= 0.3 is 0 Å². The highest BCUT2D eigenvalue weighted by Crippen LogP contribution is 2.04. The Kier molecular flexibility index (Phi) is 2.97. The predicted octanol–water partition coefficient (Wildman–Crippen LogP) is 0.505. The predicted molar refractivity (Wildman–Crippen MR) is 46.2 cm³/mol. The molecule has 0 saturated heterocycles. The summed E-state index contributed by atoms with van der Waals surface area (Å²) in [4.78, 5) is 10.5. The first-order valence-corrected chi connectivity index (χ1v) is 3.85. The second-order valence-electron chi connectivity index (χ2n) is 2.80. The number of hydrogen-bond acceptors (Lipinski definition) is 2. The molecular weight excluding hydrogens is 171 g/mol. The lowest BCUT2D eigenvalue weighted by Crippen LogP contribution is -2.33. The molecule has 0 unspecified atom stereocenters. The molecule has 0 aromatic heterocycles. The fraction of sp³-hybridized carbons (Fsp3) is 0.222. The van der Waals surface area contributed by atoms with E-state index in [2.05, 4.69) is 0 Å². The first-order chi connectivity index (χ1) is 6.09. The van der Waals surface area contributed by atoms with Gasteiger partial charge in [-0.1, -0.05) is 12.1 Å². The third-order valence-corrected chi connectivity index (χ3v) is 1.71. The Morgan fingerprint density at radius 3 is 2.46 bits per heavy atom. The second kappa shape index (κ2) is 4.00. The Morgan fingerprint density at radius 2 is 2.00 bits per heavy atom. The SMILES string of the molecule is [NH]C(=O)[C@@H](N)Cc1ccc(F)cc1. The van der Waals surface area contributed by atoms with Crippen molar-refractivity contribution >= 4 is 5.91 Å². The third kappa shape index (κ3) is 2.83. The lowest BCUT2D eigenvalue weighted by molar-refractivity contribution is -0.119. The van der Waals surface area contributed by atoms with E-state index in [0.717, 1.165) is 5.56 Å². The van der Waals surface area contributed by atoms with Crippen molar-refractivity contribution in [2.75, 3.05) is 0 Å². The molecule has 0 bridgehead atoms. The summed E-state index contributed by atoms with van der Waals surface area (Å²) in [5, 5.41) is 0. The zero-order valence-corrected chi connectivity index (χ0v) is 6.96. The third-order valence-electron chi connectivity index (χ3n) is 1.71. The van der Waals surface area contributed by atoms with Crippen LogP contribution in [0.25, 0.3) is 0 Å². The highest BCUT2D eigenvalue weighted by atomic mass is 19.1. The molecule has 3 nitrogen and oxygen atoms in total. The summed E-state index contributed by atoms with van der Waals surface area (Å²) in [5.41, 5.74) is 12.9. The van der Waals surface area contributed by atoms with Crippen molar-refractivity contribution in [1.82, 2.24) is 5.73 Å². The number of carbonyl (C=O) groups excluding carboxylic acids is 1. The van der Waals surface area contributed by atoms with Crippen LogP contribution in [0.15, 0.2) is 24.3 Å². The zero-order chi connectivity index (χ0) is 9.84. The van der Waals surface area contributed by atoms with Crippen LogP contribution in [-0.4, -0.2) is 11.9 Å². The van der Waals surface area contributed by atoms with Crippen LogP contribution in [0.2, 0.25) is 0 Å². The van der Waals surface area contributed by atoms with Gasteiger partial charge in [-0.15, -0.1) is 0 Å². The van der Waals surface area contributed by atoms with E-state index in [1.165, 1.54) is 12.1 Å². The Bertz CT molecular complexity index is 297. The molecule has 4 heteroatoms. The van der Waals surface area contributed by atoms with Crippen LogP contribution >= 0.6 is 0 Å². The van der Waals surface area contributed by atoms with Gasteiger partial charge in [0.2, 0.25) is 0 Å². The van der Waals surface area contributed by atoms with E-state index in [-0.39, 0.29) is 12.2 Å². The second-order valence-corrected chi connectivity index (χ2v) is 2.80. The molecule has 1 rings (SSSR count). The zero-order valence-electron chi connectivity index (χ0n) is 6.96. The highest BCUT2D eigenvalue weighted by Gasteiger charge is 2.10. The van der Waals surface area contributed by atoms with Crippen LogP contribution in [-0.2, 0) is 11.2 Å². The summed E-state index contributed by atoms with van der Waals surface area (Å²) >= 11 is 0. The van der Waals surface area contributed by atoms with Gasteiger partial charge in [-0.05, 0) is 24.1 Å². The Labute approximate surface area is 75.5 Å². The van der Waals surface area contributed by atoms with Crippen LogP contribution in [0.4, 0.5) is 4.39 Å². The maximum absolute atomic E-state index is 12.4. The fourth-order valence-corrected chi connectivity index (χ4v) is 0.967. The number of amides is 1. The average Bonchev–Trinajstić information content (AvgIpc) is 2.08. The van der Waals surface area contributed by atoms with Crippen LogP contribution < -0.4 is 11.5 Å². The van der Waals surface area contributed by atoms with Crippen molar-refractivity contribution in [2.24, 2.45) is 5.73 Å². The van der Waals surface area contributed by atoms with Crippen LogP contribution in [0.1, 0.15) is 5.56 Å². The number of halogens is 1. The van der Waals surface area contributed by atoms with E-state index in [1.807, 2.05) is 0 Å². The lowest BCUT2D eigenvalue weighted by Gasteiger charge is -2.05. The van der Waals surface area contributed by atoms with Crippen molar-refractivity contribution < 1.29 is 9.18 Å². The Balaban J connectivity index is 2.64. The van der Waals surface area contributed by atoms with Gasteiger partial charge in [0.25, 0.3) is 5.91 Å². The van der Waals surface area contributed by atoms with E-state index in [9.17, 15) is 9.18 Å². The molecule has 1 aromatic carbocycles. The van der Waals surface area contributed by atoms with Gasteiger partial charge in [0, 0.05) is 0 Å². The molecule has 0 aliphatic carbocycles. The molecule has 0 fully saturated rings. The minimum absolute atomic E-state index is 0.280. The lowest BCUT2D eigenvalue weighted by atomic mass is 10.1. The monoisotopic (exact) mass is 181 g/mol. The molecule has 0 heterocycles. The number of hydrogen-bond donors (Lipinski definition) is 1. The molecule has 1 atom stereocenters. The summed E-state index contributed by atoms with van der Waals surface area (Å²) in [6.45, 7) is 0. The van der Waals surface area contributed by atoms with Crippen LogP contribution in [0.3, 0.4) is 0 Å². The van der Waals surface area contributed by atoms with Crippen molar-refractivity contribution in [3.63, 3.8) is 0 Å². The number of carbonyl (C=O) groups is 1. The van der Waals surface area contributed by atoms with E-state index in [1.54, 1.807) is 12.1 Å². The maximum Gasteiger partial charge on any atom is 0.255 e. The van der Waals surface area contributed by atoms with Crippen molar-refractivity contribution in [2.45, 2.75) is 12.5 Å². The fourth-order valence-electron chi connectivity index (χ4n) is 0.967. The number of benzene rings is 1. The van der Waals surface area contributed by atoms with Gasteiger partial charge in [0.15, 0.2) is 0 Å². The largest absolute Gasteiger partial charge is 0.320 e. The average molecular weight is 181 g/mol. The van der Waals surface area contributed by atoms with E-state index in [0.29, 0.717) is 0 Å². The van der Waals surface area contributed by atoms with Gasteiger partial charge in [-0.3, -0.25) is 10.5 Å². The molecule has 69 valence electrons. The standard InChI is InChI=1S/C9H10FN2O/c10-7-3-1-6(2-4-7)5-8(11)9(12)13/h1-4,8,12H,5,11H2/t8-/m0/s1. The number of rotatable bonds is 3. The first-order valence-electron chi connectivity index (χ1n) is 3.85. The highest BCUT2D eigenvalue weighted by molar-refractivity contribution is 5.79. The molecule has 0 spiro atoms. The summed E-state index contributed by atoms with van der Waals surface area (Å²) in [6.07, 6.45) is 0.280. The number of nitrogens with two attached hydrogens (primary N) is 1. The molecule has 0 aliphatic heterocycles. The summed E-state index contributed by atoms with van der Waals surface area (Å²) in [6, 6.07) is 4.90. The van der Waals surface area contributed by atoms with Gasteiger partial charge in [0.05, 0.1) is 6.04 Å². The normalized spacial score (nSPS) is 12.5. The van der Waals surface area contributed by atoms with Gasteiger partial charge < -0.3 is 5.73 Å². The topological polar surface area (TPSA) is 66.9 Å². The molecule has 0 aliphatic rings. The molecule has 13 heavy (non-hydrogen) atoms. The molecule has 1 radical (unpaired) electrons. The molecule has 3 N–H and O–H groups in total. The summed E-state index contributed by atoms with van der Waals surface area (Å²) in [7, 11) is 0. The minimum Gasteiger partial charge on any atom is -0.320 e. The van der Waals surface area contributed by atoms with E-state index < -0.39 is 11.9 Å². The van der Waals surface area contributed by atoms with Crippen LogP contribution in [0, 0.1) is 5.82 Å². The van der Waals surface area contributed by atoms with Gasteiger partial charge in [-0.25, -0.2) is 4.39 Å². The smallest absolute Gasteiger partial charge is 0.255 e. The Hall–Kier alpha value is -1.42. The van der Waals surface area contributed by atoms with Crippen molar-refractivity contribution in [1.29, 1.82) is 0 Å². The Morgan fingerprint density at radius 1 is 1.46 bits per heavy atom. The van der Waals surface area contributed by atoms with Crippen LogP contribution in [0.5, 0.6) is 0 Å². The minimum atomic E-state index is -0.814. The van der Waals surface area contributed by atoms with Crippen molar-refractivity contribution in [3.8, 4) is 0 Å². The maximum atomic E-state index is 12.4. The summed E-state index contributed by atoms with van der Waals surface area (Å²) < 4.78 is 12.4. The van der Waals surface area contributed by atoms with E-state index >= 15 is 0 Å². The van der Waals surface area contributed by atoms with Gasteiger partial charge in [-0.2, -0.15) is 0 Å². The molecule has 0 saturated carbocycles. The quantitative estimate of drug-likeness (QED) is 0.738. The van der Waals surface area contributed by atoms with Gasteiger partial charge in [0.1, 0.15) is 5.82 Å². The first kappa shape index (κ1) is 9.67. The summed E-state index contributed by atoms with van der Waals surface area (Å²) in [5.74, 6) is -1.13. The number of nitrogens with one attached hydrogen (secondary N) is 1. The molecule has 1 aromatic rings.